The third kappa shape index (κ3) is 4.35. The molecule has 3 N–H and O–H groups in total. The highest BCUT2D eigenvalue weighted by Gasteiger charge is 2.41. The van der Waals surface area contributed by atoms with Crippen molar-refractivity contribution >= 4 is 56.6 Å². The molecule has 2 aliphatic rings. The van der Waals surface area contributed by atoms with Crippen LogP contribution in [0.3, 0.4) is 0 Å². The van der Waals surface area contributed by atoms with Gasteiger partial charge in [-0.1, -0.05) is 23.5 Å². The van der Waals surface area contributed by atoms with Crippen LogP contribution in [0.1, 0.15) is 19.3 Å². The van der Waals surface area contributed by atoms with Gasteiger partial charge in [0, 0.05) is 20.1 Å². The normalized spacial score (nSPS) is 25.0. The number of halogens is 1. The van der Waals surface area contributed by atoms with Gasteiger partial charge < -0.3 is 20.7 Å². The van der Waals surface area contributed by atoms with E-state index < -0.39 is 0 Å². The SMILES string of the molecule is CN=C(NCCNc1nc2ccccc2s1)NC1CC2CCC1O2.I. The Kier molecular flexibility index (Phi) is 6.34. The second kappa shape index (κ2) is 8.50. The molecule has 2 fully saturated rings. The van der Waals surface area contributed by atoms with Crippen LogP contribution in [0.15, 0.2) is 29.3 Å². The number of benzene rings is 1. The summed E-state index contributed by atoms with van der Waals surface area (Å²) in [6, 6.07) is 8.59. The lowest BCUT2D eigenvalue weighted by Crippen LogP contribution is -2.48. The average molecular weight is 473 g/mol. The van der Waals surface area contributed by atoms with Gasteiger partial charge in [-0.15, -0.1) is 24.0 Å². The fourth-order valence-electron chi connectivity index (χ4n) is 3.46. The van der Waals surface area contributed by atoms with E-state index in [-0.39, 0.29) is 24.0 Å². The van der Waals surface area contributed by atoms with Crippen molar-refractivity contribution in [2.75, 3.05) is 25.5 Å². The Hall–Kier alpha value is -1.13. The van der Waals surface area contributed by atoms with Gasteiger partial charge in [0.05, 0.1) is 28.5 Å². The van der Waals surface area contributed by atoms with Gasteiger partial charge in [0.1, 0.15) is 0 Å². The molecule has 2 bridgehead atoms. The first-order valence-electron chi connectivity index (χ1n) is 8.54. The van der Waals surface area contributed by atoms with Crippen molar-refractivity contribution in [1.29, 1.82) is 0 Å². The topological polar surface area (TPSA) is 70.6 Å². The van der Waals surface area contributed by atoms with Gasteiger partial charge >= 0.3 is 0 Å². The Morgan fingerprint density at radius 1 is 1.32 bits per heavy atom. The zero-order chi connectivity index (χ0) is 16.4. The third-order valence-electron chi connectivity index (χ3n) is 4.64. The summed E-state index contributed by atoms with van der Waals surface area (Å²) in [6.45, 7) is 1.59. The highest BCUT2D eigenvalue weighted by atomic mass is 127. The number of hydrogen-bond acceptors (Lipinski definition) is 5. The predicted molar refractivity (Wildman–Crippen MR) is 114 cm³/mol. The van der Waals surface area contributed by atoms with Crippen LogP contribution in [-0.4, -0.2) is 49.3 Å². The summed E-state index contributed by atoms with van der Waals surface area (Å²) in [7, 11) is 1.81. The molecule has 3 heterocycles. The lowest BCUT2D eigenvalue weighted by molar-refractivity contribution is 0.0992. The van der Waals surface area contributed by atoms with Crippen LogP contribution in [0.4, 0.5) is 5.13 Å². The Balaban J connectivity index is 0.00000182. The van der Waals surface area contributed by atoms with Gasteiger partial charge in [-0.3, -0.25) is 4.99 Å². The van der Waals surface area contributed by atoms with Crippen molar-refractivity contribution in [2.24, 2.45) is 4.99 Å². The van der Waals surface area contributed by atoms with E-state index >= 15 is 0 Å². The van der Waals surface area contributed by atoms with Gasteiger partial charge in [-0.25, -0.2) is 4.98 Å². The Bertz CT molecular complexity index is 704. The molecule has 0 spiro atoms. The second-order valence-electron chi connectivity index (χ2n) is 6.27. The molecule has 4 rings (SSSR count). The minimum atomic E-state index is 0. The molecule has 0 aliphatic carbocycles. The van der Waals surface area contributed by atoms with E-state index in [4.69, 9.17) is 4.74 Å². The van der Waals surface area contributed by atoms with E-state index in [2.05, 4.69) is 32.0 Å². The fraction of sp³-hybridized carbons (Fsp3) is 0.529. The van der Waals surface area contributed by atoms with Gasteiger partial charge in [0.15, 0.2) is 11.1 Å². The number of fused-ring (bicyclic) bond motifs is 3. The summed E-state index contributed by atoms with van der Waals surface area (Å²) in [5.74, 6) is 0.849. The van der Waals surface area contributed by atoms with Crippen LogP contribution in [-0.2, 0) is 4.74 Å². The molecule has 2 aromatic rings. The van der Waals surface area contributed by atoms with Crippen LogP contribution >= 0.6 is 35.3 Å². The molecule has 1 aromatic carbocycles. The molecule has 2 saturated heterocycles. The maximum Gasteiger partial charge on any atom is 0.191 e. The van der Waals surface area contributed by atoms with Crippen LogP contribution in [0.5, 0.6) is 0 Å². The van der Waals surface area contributed by atoms with E-state index in [9.17, 15) is 0 Å². The number of hydrogen-bond donors (Lipinski definition) is 3. The summed E-state index contributed by atoms with van der Waals surface area (Å²) in [4.78, 5) is 8.89. The number of aliphatic imine (C=N–C) groups is 1. The molecule has 3 unspecified atom stereocenters. The molecule has 1 aromatic heterocycles. The third-order valence-corrected chi connectivity index (χ3v) is 5.63. The monoisotopic (exact) mass is 473 g/mol. The van der Waals surface area contributed by atoms with Crippen LogP contribution < -0.4 is 16.0 Å². The number of thiazole rings is 1. The predicted octanol–water partition coefficient (Wildman–Crippen LogP) is 2.81. The summed E-state index contributed by atoms with van der Waals surface area (Å²) in [5, 5.41) is 11.2. The first kappa shape index (κ1) is 18.7. The molecule has 2 aliphatic heterocycles. The maximum absolute atomic E-state index is 5.88. The average Bonchev–Trinajstić information content (AvgIpc) is 3.31. The number of nitrogens with zero attached hydrogens (tertiary/aromatic N) is 2. The van der Waals surface area contributed by atoms with Gasteiger partial charge in [-0.2, -0.15) is 0 Å². The molecule has 3 atom stereocenters. The number of aromatic nitrogens is 1. The molecule has 0 radical (unpaired) electrons. The van der Waals surface area contributed by atoms with Gasteiger partial charge in [0.2, 0.25) is 0 Å². The van der Waals surface area contributed by atoms with E-state index in [1.54, 1.807) is 11.3 Å². The van der Waals surface area contributed by atoms with Crippen molar-refractivity contribution in [3.8, 4) is 0 Å². The molecular formula is C17H24IN5OS. The van der Waals surface area contributed by atoms with Crippen molar-refractivity contribution in [1.82, 2.24) is 15.6 Å². The molecule has 25 heavy (non-hydrogen) atoms. The number of guanidine groups is 1. The maximum atomic E-state index is 5.88. The summed E-state index contributed by atoms with van der Waals surface area (Å²) in [5.41, 5.74) is 1.05. The van der Waals surface area contributed by atoms with Gasteiger partial charge in [0.25, 0.3) is 0 Å². The Morgan fingerprint density at radius 3 is 2.92 bits per heavy atom. The van der Waals surface area contributed by atoms with Crippen LogP contribution in [0.2, 0.25) is 0 Å². The summed E-state index contributed by atoms with van der Waals surface area (Å²) >= 11 is 1.68. The number of rotatable bonds is 5. The smallest absolute Gasteiger partial charge is 0.191 e. The molecule has 8 heteroatoms. The van der Waals surface area contributed by atoms with E-state index in [1.165, 1.54) is 17.5 Å². The lowest BCUT2D eigenvalue weighted by Gasteiger charge is -2.22. The number of para-hydroxylation sites is 1. The standard InChI is InChI=1S/C17H23N5OS.HI/c1-18-16(21-13-10-11-6-7-14(13)23-11)19-8-9-20-17-22-12-4-2-3-5-15(12)24-17;/h2-5,11,13-14H,6-10H2,1H3,(H,20,22)(H2,18,19,21);1H. The van der Waals surface area contributed by atoms with E-state index in [0.717, 1.165) is 36.1 Å². The van der Waals surface area contributed by atoms with E-state index in [1.807, 2.05) is 25.2 Å². The minimum absolute atomic E-state index is 0. The first-order chi connectivity index (χ1) is 11.8. The zero-order valence-electron chi connectivity index (χ0n) is 14.2. The Morgan fingerprint density at radius 2 is 2.20 bits per heavy atom. The lowest BCUT2D eigenvalue weighted by atomic mass is 9.96. The molecule has 0 amide bonds. The fourth-order valence-corrected chi connectivity index (χ4v) is 4.35. The number of anilines is 1. The highest BCUT2D eigenvalue weighted by molar-refractivity contribution is 14.0. The molecule has 0 saturated carbocycles. The van der Waals surface area contributed by atoms with Crippen LogP contribution in [0, 0.1) is 0 Å². The Labute approximate surface area is 168 Å². The molecule has 6 nitrogen and oxygen atoms in total. The highest BCUT2D eigenvalue weighted by Crippen LogP contribution is 2.34. The van der Waals surface area contributed by atoms with Gasteiger partial charge in [-0.05, 0) is 31.4 Å². The zero-order valence-corrected chi connectivity index (χ0v) is 17.3. The van der Waals surface area contributed by atoms with Crippen molar-refractivity contribution in [3.63, 3.8) is 0 Å². The first-order valence-corrected chi connectivity index (χ1v) is 9.35. The second-order valence-corrected chi connectivity index (χ2v) is 7.30. The van der Waals surface area contributed by atoms with Crippen molar-refractivity contribution < 1.29 is 4.74 Å². The van der Waals surface area contributed by atoms with E-state index in [0.29, 0.717) is 18.2 Å². The molecule has 136 valence electrons. The number of nitrogens with one attached hydrogen (secondary N) is 3. The van der Waals surface area contributed by atoms with Crippen molar-refractivity contribution in [3.05, 3.63) is 24.3 Å². The number of ether oxygens (including phenoxy) is 1. The summed E-state index contributed by atoms with van der Waals surface area (Å²) < 4.78 is 7.09. The molecular weight excluding hydrogens is 449 g/mol. The minimum Gasteiger partial charge on any atom is -0.373 e. The van der Waals surface area contributed by atoms with Crippen LogP contribution in [0.25, 0.3) is 10.2 Å². The quantitative estimate of drug-likeness (QED) is 0.270. The summed E-state index contributed by atoms with van der Waals surface area (Å²) in [6.07, 6.45) is 4.27. The largest absolute Gasteiger partial charge is 0.373 e. The van der Waals surface area contributed by atoms with Crippen molar-refractivity contribution in [2.45, 2.75) is 37.5 Å².